The Kier molecular flexibility index (Phi) is 6.84. The topological polar surface area (TPSA) is 88.0 Å². The molecular formula is C24H46N4O2. The van der Waals surface area contributed by atoms with Crippen molar-refractivity contribution in [1.82, 2.24) is 9.80 Å². The number of nitrogens with zero attached hydrogens (tertiary/aromatic N) is 2. The summed E-state index contributed by atoms with van der Waals surface area (Å²) in [4.78, 5) is 5.20. The van der Waals surface area contributed by atoms with Crippen LogP contribution in [0.5, 0.6) is 0 Å². The van der Waals surface area contributed by atoms with Crippen molar-refractivity contribution in [1.29, 1.82) is 0 Å². The van der Waals surface area contributed by atoms with Crippen LogP contribution in [0.1, 0.15) is 72.1 Å². The van der Waals surface area contributed by atoms with Crippen molar-refractivity contribution in [3.8, 4) is 0 Å². The van der Waals surface area contributed by atoms with Gasteiger partial charge in [-0.3, -0.25) is 0 Å². The standard InChI is InChI=1S/C24H46N4O2/c1-17(2)27-10-8-24(9-11-27)16-30-20(22(24)26)5-4-18(3)28-12-6-23(7-13-28)15-19(29)14-21(23)25/h17-22,29H,4-16,25-26H2,1-3H3. The van der Waals surface area contributed by atoms with Crippen molar-refractivity contribution in [2.45, 2.75) is 109 Å². The predicted octanol–water partition coefficient (Wildman–Crippen LogP) is 1.94. The largest absolute Gasteiger partial charge is 0.393 e. The fourth-order valence-electron chi connectivity index (χ4n) is 6.91. The number of hydrogen-bond acceptors (Lipinski definition) is 6. The average Bonchev–Trinajstić information content (AvgIpc) is 3.17. The smallest absolute Gasteiger partial charge is 0.0733 e. The van der Waals surface area contributed by atoms with Crippen LogP contribution in [-0.2, 0) is 4.74 Å². The van der Waals surface area contributed by atoms with Gasteiger partial charge in [-0.1, -0.05) is 0 Å². The first kappa shape index (κ1) is 22.9. The van der Waals surface area contributed by atoms with Gasteiger partial charge in [-0.05, 0) is 104 Å². The molecule has 0 aromatic carbocycles. The molecule has 3 heterocycles. The van der Waals surface area contributed by atoms with Gasteiger partial charge < -0.3 is 31.1 Å². The Bertz CT molecular complexity index is 570. The van der Waals surface area contributed by atoms with Crippen molar-refractivity contribution in [2.75, 3.05) is 32.8 Å². The molecule has 4 aliphatic rings. The molecule has 5 unspecified atom stereocenters. The van der Waals surface area contributed by atoms with E-state index >= 15 is 0 Å². The number of piperidine rings is 2. The third-order valence-electron chi connectivity index (χ3n) is 9.46. The van der Waals surface area contributed by atoms with Gasteiger partial charge in [-0.2, -0.15) is 0 Å². The Labute approximate surface area is 183 Å². The number of ether oxygens (including phenoxy) is 1. The molecular weight excluding hydrogens is 376 g/mol. The minimum atomic E-state index is -0.190. The Morgan fingerprint density at radius 2 is 1.57 bits per heavy atom. The highest BCUT2D eigenvalue weighted by Gasteiger charge is 2.49. The van der Waals surface area contributed by atoms with Crippen LogP contribution >= 0.6 is 0 Å². The van der Waals surface area contributed by atoms with Crippen LogP contribution in [0.4, 0.5) is 0 Å². The van der Waals surface area contributed by atoms with Gasteiger partial charge in [0.15, 0.2) is 0 Å². The van der Waals surface area contributed by atoms with Crippen LogP contribution in [0, 0.1) is 10.8 Å². The SMILES string of the molecule is CC(C)N1CCC2(CC1)COC(CCC(C)N1CCC3(CC1)CC(O)CC3N)C2N. The summed E-state index contributed by atoms with van der Waals surface area (Å²) in [7, 11) is 0. The summed E-state index contributed by atoms with van der Waals surface area (Å²) in [5.74, 6) is 0. The summed E-state index contributed by atoms with van der Waals surface area (Å²) >= 11 is 0. The second kappa shape index (κ2) is 8.95. The molecule has 3 aliphatic heterocycles. The van der Waals surface area contributed by atoms with E-state index in [4.69, 9.17) is 16.2 Å². The first-order valence-corrected chi connectivity index (χ1v) is 12.5. The molecule has 2 spiro atoms. The van der Waals surface area contributed by atoms with Crippen molar-refractivity contribution in [3.63, 3.8) is 0 Å². The van der Waals surface area contributed by atoms with Crippen molar-refractivity contribution in [3.05, 3.63) is 0 Å². The van der Waals surface area contributed by atoms with Gasteiger partial charge >= 0.3 is 0 Å². The molecule has 0 amide bonds. The van der Waals surface area contributed by atoms with Crippen LogP contribution in [0.15, 0.2) is 0 Å². The van der Waals surface area contributed by atoms with Crippen LogP contribution in [0.2, 0.25) is 0 Å². The molecule has 0 aromatic heterocycles. The second-order valence-corrected chi connectivity index (χ2v) is 11.4. The highest BCUT2D eigenvalue weighted by atomic mass is 16.5. The van der Waals surface area contributed by atoms with E-state index in [1.165, 1.54) is 12.8 Å². The monoisotopic (exact) mass is 422 g/mol. The van der Waals surface area contributed by atoms with Gasteiger partial charge in [0.1, 0.15) is 0 Å². The number of rotatable bonds is 5. The lowest BCUT2D eigenvalue weighted by molar-refractivity contribution is 0.0425. The highest BCUT2D eigenvalue weighted by Crippen LogP contribution is 2.46. The lowest BCUT2D eigenvalue weighted by Crippen LogP contribution is -2.52. The molecule has 4 fully saturated rings. The molecule has 3 saturated heterocycles. The molecule has 0 aromatic rings. The average molecular weight is 423 g/mol. The lowest BCUT2D eigenvalue weighted by atomic mass is 9.72. The fraction of sp³-hybridized carbons (Fsp3) is 1.00. The van der Waals surface area contributed by atoms with Crippen LogP contribution < -0.4 is 11.5 Å². The van der Waals surface area contributed by atoms with Crippen LogP contribution in [-0.4, -0.2) is 84.1 Å². The highest BCUT2D eigenvalue weighted by molar-refractivity contribution is 5.03. The minimum Gasteiger partial charge on any atom is -0.393 e. The molecule has 5 atom stereocenters. The Morgan fingerprint density at radius 1 is 0.967 bits per heavy atom. The van der Waals surface area contributed by atoms with E-state index in [9.17, 15) is 5.11 Å². The van der Waals surface area contributed by atoms with E-state index in [0.717, 1.165) is 71.3 Å². The van der Waals surface area contributed by atoms with Crippen molar-refractivity contribution >= 4 is 0 Å². The zero-order valence-electron chi connectivity index (χ0n) is 19.6. The normalized spacial score (nSPS) is 38.1. The van der Waals surface area contributed by atoms with Crippen molar-refractivity contribution in [2.24, 2.45) is 22.3 Å². The summed E-state index contributed by atoms with van der Waals surface area (Å²) in [6.07, 6.45) is 8.54. The van der Waals surface area contributed by atoms with E-state index in [-0.39, 0.29) is 35.1 Å². The van der Waals surface area contributed by atoms with E-state index in [2.05, 4.69) is 30.6 Å². The molecule has 5 N–H and O–H groups in total. The van der Waals surface area contributed by atoms with Gasteiger partial charge in [0.05, 0.1) is 18.8 Å². The zero-order chi connectivity index (χ0) is 21.5. The number of nitrogens with two attached hydrogens (primary N) is 2. The first-order valence-electron chi connectivity index (χ1n) is 12.5. The summed E-state index contributed by atoms with van der Waals surface area (Å²) in [5.41, 5.74) is 13.6. The Hall–Kier alpha value is -0.240. The maximum atomic E-state index is 10.0. The van der Waals surface area contributed by atoms with Gasteiger partial charge in [0, 0.05) is 29.6 Å². The van der Waals surface area contributed by atoms with E-state index < -0.39 is 0 Å². The number of hydrogen-bond donors (Lipinski definition) is 3. The van der Waals surface area contributed by atoms with E-state index in [0.29, 0.717) is 12.1 Å². The van der Waals surface area contributed by atoms with Gasteiger partial charge in [0.2, 0.25) is 0 Å². The molecule has 174 valence electrons. The van der Waals surface area contributed by atoms with E-state index in [1.807, 2.05) is 0 Å². The molecule has 1 saturated carbocycles. The fourth-order valence-corrected chi connectivity index (χ4v) is 6.91. The molecule has 1 aliphatic carbocycles. The lowest BCUT2D eigenvalue weighted by Gasteiger charge is -2.44. The summed E-state index contributed by atoms with van der Waals surface area (Å²) in [6, 6.07) is 1.54. The summed E-state index contributed by atoms with van der Waals surface area (Å²) in [6.45, 7) is 12.3. The number of aliphatic hydroxyl groups is 1. The summed E-state index contributed by atoms with van der Waals surface area (Å²) < 4.78 is 6.29. The third-order valence-corrected chi connectivity index (χ3v) is 9.46. The number of aliphatic hydroxyl groups excluding tert-OH is 1. The summed E-state index contributed by atoms with van der Waals surface area (Å²) in [5, 5.41) is 10.0. The van der Waals surface area contributed by atoms with Gasteiger partial charge in [-0.25, -0.2) is 0 Å². The predicted molar refractivity (Wildman–Crippen MR) is 121 cm³/mol. The molecule has 0 radical (unpaired) electrons. The molecule has 30 heavy (non-hydrogen) atoms. The first-order chi connectivity index (χ1) is 14.2. The van der Waals surface area contributed by atoms with Crippen LogP contribution in [0.3, 0.4) is 0 Å². The second-order valence-electron chi connectivity index (χ2n) is 11.4. The molecule has 6 heteroatoms. The molecule has 6 nitrogen and oxygen atoms in total. The third kappa shape index (κ3) is 4.33. The quantitative estimate of drug-likeness (QED) is 0.628. The molecule has 4 rings (SSSR count). The van der Waals surface area contributed by atoms with Gasteiger partial charge in [0.25, 0.3) is 0 Å². The van der Waals surface area contributed by atoms with Gasteiger partial charge in [-0.15, -0.1) is 0 Å². The Morgan fingerprint density at radius 3 is 2.13 bits per heavy atom. The van der Waals surface area contributed by atoms with Crippen LogP contribution in [0.25, 0.3) is 0 Å². The maximum Gasteiger partial charge on any atom is 0.0733 e. The number of likely N-dealkylation sites (tertiary alicyclic amines) is 2. The zero-order valence-corrected chi connectivity index (χ0v) is 19.6. The van der Waals surface area contributed by atoms with E-state index in [1.54, 1.807) is 0 Å². The van der Waals surface area contributed by atoms with Crippen molar-refractivity contribution < 1.29 is 9.84 Å². The molecule has 0 bridgehead atoms. The minimum absolute atomic E-state index is 0.174. The Balaban J connectivity index is 1.23. The maximum absolute atomic E-state index is 10.0.